The van der Waals surface area contributed by atoms with E-state index in [1.54, 1.807) is 6.07 Å². The second kappa shape index (κ2) is 14.0. The van der Waals surface area contributed by atoms with Gasteiger partial charge in [0.25, 0.3) is 0 Å². The fraction of sp³-hybridized carbons (Fsp3) is 0.581. The van der Waals surface area contributed by atoms with Crippen LogP contribution in [0.4, 0.5) is 4.79 Å². The Morgan fingerprint density at radius 3 is 2.68 bits per heavy atom. The molecule has 4 unspecified atom stereocenters. The summed E-state index contributed by atoms with van der Waals surface area (Å²) in [6, 6.07) is 12.9. The first-order valence-electron chi connectivity index (χ1n) is 15.0. The van der Waals surface area contributed by atoms with Crippen LogP contribution < -0.4 is 14.8 Å². The number of fused-ring (bicyclic) bond motifs is 2. The minimum Gasteiger partial charge on any atom is -0.454 e. The molecule has 3 N–H and O–H groups in total. The molecule has 5 atom stereocenters. The molecule has 3 aliphatic rings. The SMILES string of the molecule is CC(C)(CCCO)CN(CC(O)[C@H](Cc1ccccc1)NC(=O)OC1COC2OCCC12)S(=O)(=O)c1ccc2c(c1)OCO2. The van der Waals surface area contributed by atoms with Crippen LogP contribution >= 0.6 is 0 Å². The summed E-state index contributed by atoms with van der Waals surface area (Å²) >= 11 is 0. The number of hydrogen-bond donors (Lipinski definition) is 3. The Labute approximate surface area is 258 Å². The summed E-state index contributed by atoms with van der Waals surface area (Å²) in [5, 5.41) is 23.9. The number of carbonyl (C=O) groups is 1. The molecule has 13 heteroatoms. The van der Waals surface area contributed by atoms with Crippen molar-refractivity contribution in [1.82, 2.24) is 9.62 Å². The Kier molecular flexibility index (Phi) is 10.3. The molecule has 2 aromatic carbocycles. The molecule has 0 saturated carbocycles. The van der Waals surface area contributed by atoms with Gasteiger partial charge in [0.15, 0.2) is 17.8 Å². The van der Waals surface area contributed by atoms with Gasteiger partial charge in [0.2, 0.25) is 16.8 Å². The molecule has 0 radical (unpaired) electrons. The standard InChI is InChI=1S/C31H42N2O10S/c1-31(2,12-6-13-34)19-33(44(37,38)22-9-10-26-27(16-22)42-20-41-26)17-25(35)24(15-21-7-4-3-5-8-21)32-30(36)43-28-18-40-29-23(28)11-14-39-29/h3-5,7-10,16,23-25,28-29,34-35H,6,11-15,17-20H2,1-2H3,(H,32,36)/t23?,24-,25?,28?,29?/m0/s1. The lowest BCUT2D eigenvalue weighted by molar-refractivity contribution is -0.0907. The molecule has 2 saturated heterocycles. The van der Waals surface area contributed by atoms with Crippen LogP contribution in [0, 0.1) is 11.3 Å². The molecule has 3 aliphatic heterocycles. The smallest absolute Gasteiger partial charge is 0.407 e. The average molecular weight is 635 g/mol. The fourth-order valence-electron chi connectivity index (χ4n) is 5.91. The van der Waals surface area contributed by atoms with Crippen molar-refractivity contribution in [2.75, 3.05) is 39.7 Å². The molecule has 44 heavy (non-hydrogen) atoms. The maximum absolute atomic E-state index is 14.1. The van der Waals surface area contributed by atoms with Crippen molar-refractivity contribution in [3.63, 3.8) is 0 Å². The number of alkyl carbamates (subject to hydrolysis) is 1. The van der Waals surface area contributed by atoms with E-state index in [9.17, 15) is 23.4 Å². The molecular formula is C31H42N2O10S. The number of rotatable bonds is 14. The van der Waals surface area contributed by atoms with Gasteiger partial charge in [0, 0.05) is 25.8 Å². The third kappa shape index (κ3) is 7.82. The lowest BCUT2D eigenvalue weighted by atomic mass is 9.87. The van der Waals surface area contributed by atoms with Crippen molar-refractivity contribution in [2.45, 2.75) is 69.0 Å². The molecule has 12 nitrogen and oxygen atoms in total. The van der Waals surface area contributed by atoms with Gasteiger partial charge in [0.05, 0.1) is 36.2 Å². The number of hydrogen-bond acceptors (Lipinski definition) is 10. The van der Waals surface area contributed by atoms with Gasteiger partial charge in [-0.1, -0.05) is 44.2 Å². The number of aliphatic hydroxyl groups excluding tert-OH is 2. The highest BCUT2D eigenvalue weighted by Gasteiger charge is 2.44. The van der Waals surface area contributed by atoms with Crippen LogP contribution in [0.1, 0.15) is 38.7 Å². The number of nitrogens with zero attached hydrogens (tertiary/aromatic N) is 1. The van der Waals surface area contributed by atoms with E-state index in [-0.39, 0.29) is 56.6 Å². The molecule has 2 fully saturated rings. The zero-order chi connectivity index (χ0) is 31.3. The Morgan fingerprint density at radius 2 is 1.91 bits per heavy atom. The van der Waals surface area contributed by atoms with Crippen molar-refractivity contribution >= 4 is 16.1 Å². The molecule has 5 rings (SSSR count). The van der Waals surface area contributed by atoms with E-state index in [1.165, 1.54) is 16.4 Å². The molecule has 242 valence electrons. The maximum Gasteiger partial charge on any atom is 0.407 e. The quantitative estimate of drug-likeness (QED) is 0.283. The second-order valence-electron chi connectivity index (χ2n) is 12.3. The summed E-state index contributed by atoms with van der Waals surface area (Å²) in [4.78, 5) is 13.1. The highest BCUT2D eigenvalue weighted by Crippen LogP contribution is 2.36. The Balaban J connectivity index is 1.37. The second-order valence-corrected chi connectivity index (χ2v) is 14.2. The van der Waals surface area contributed by atoms with Crippen molar-refractivity contribution in [1.29, 1.82) is 0 Å². The number of nitrogens with one attached hydrogen (secondary N) is 1. The normalized spacial score (nSPS) is 22.5. The minimum atomic E-state index is -4.14. The number of aliphatic hydroxyl groups is 2. The minimum absolute atomic E-state index is 0.000201. The van der Waals surface area contributed by atoms with Crippen LogP contribution in [0.5, 0.6) is 11.5 Å². The number of ether oxygens (including phenoxy) is 5. The lowest BCUT2D eigenvalue weighted by Gasteiger charge is -2.35. The third-order valence-electron chi connectivity index (χ3n) is 8.30. The number of amides is 1. The molecule has 0 spiro atoms. The maximum atomic E-state index is 14.1. The molecule has 0 aliphatic carbocycles. The monoisotopic (exact) mass is 634 g/mol. The van der Waals surface area contributed by atoms with E-state index in [0.29, 0.717) is 30.9 Å². The zero-order valence-electron chi connectivity index (χ0n) is 25.1. The van der Waals surface area contributed by atoms with Gasteiger partial charge >= 0.3 is 6.09 Å². The van der Waals surface area contributed by atoms with Crippen molar-refractivity contribution in [3.05, 3.63) is 54.1 Å². The molecule has 3 heterocycles. The third-order valence-corrected chi connectivity index (χ3v) is 10.1. The van der Waals surface area contributed by atoms with Gasteiger partial charge in [-0.3, -0.25) is 0 Å². The van der Waals surface area contributed by atoms with Crippen LogP contribution in [-0.2, 0) is 30.7 Å². The average Bonchev–Trinajstić information content (AvgIpc) is 3.74. The molecule has 0 bridgehead atoms. The van der Waals surface area contributed by atoms with Crippen LogP contribution in [0.15, 0.2) is 53.4 Å². The van der Waals surface area contributed by atoms with Crippen LogP contribution in [0.2, 0.25) is 0 Å². The first kappa shape index (κ1) is 32.5. The highest BCUT2D eigenvalue weighted by molar-refractivity contribution is 7.89. The van der Waals surface area contributed by atoms with Gasteiger partial charge < -0.3 is 39.2 Å². The van der Waals surface area contributed by atoms with E-state index in [1.807, 2.05) is 44.2 Å². The molecular weight excluding hydrogens is 592 g/mol. The number of carbonyl (C=O) groups excluding carboxylic acids is 1. The van der Waals surface area contributed by atoms with Crippen molar-refractivity contribution < 1.29 is 47.1 Å². The van der Waals surface area contributed by atoms with Gasteiger partial charge in [0.1, 0.15) is 6.10 Å². The predicted molar refractivity (Wildman–Crippen MR) is 159 cm³/mol. The number of benzene rings is 2. The van der Waals surface area contributed by atoms with E-state index < -0.39 is 39.8 Å². The Hall–Kier alpha value is -2.94. The molecule has 0 aromatic heterocycles. The van der Waals surface area contributed by atoms with Crippen LogP contribution in [0.3, 0.4) is 0 Å². The van der Waals surface area contributed by atoms with Gasteiger partial charge in [-0.25, -0.2) is 13.2 Å². The van der Waals surface area contributed by atoms with E-state index in [0.717, 1.165) is 12.0 Å². The summed E-state index contributed by atoms with van der Waals surface area (Å²) in [5.74, 6) is 0.720. The topological polar surface area (TPSA) is 153 Å². The number of sulfonamides is 1. The van der Waals surface area contributed by atoms with Crippen LogP contribution in [0.25, 0.3) is 0 Å². The van der Waals surface area contributed by atoms with Gasteiger partial charge in [-0.2, -0.15) is 4.31 Å². The predicted octanol–water partition coefficient (Wildman–Crippen LogP) is 2.66. The summed E-state index contributed by atoms with van der Waals surface area (Å²) in [7, 11) is -4.14. The lowest BCUT2D eigenvalue weighted by Crippen LogP contribution is -2.52. The van der Waals surface area contributed by atoms with Gasteiger partial charge in [-0.15, -0.1) is 0 Å². The molecule has 2 aromatic rings. The summed E-state index contributed by atoms with van der Waals surface area (Å²) in [6.07, 6.45) is -0.886. The summed E-state index contributed by atoms with van der Waals surface area (Å²) in [5.41, 5.74) is 0.314. The zero-order valence-corrected chi connectivity index (χ0v) is 25.9. The largest absolute Gasteiger partial charge is 0.454 e. The Morgan fingerprint density at radius 1 is 1.14 bits per heavy atom. The summed E-state index contributed by atoms with van der Waals surface area (Å²) < 4.78 is 57.0. The Bertz CT molecular complexity index is 1370. The molecule has 1 amide bonds. The van der Waals surface area contributed by atoms with Crippen LogP contribution in [-0.4, -0.2) is 93.3 Å². The highest BCUT2D eigenvalue weighted by atomic mass is 32.2. The van der Waals surface area contributed by atoms with E-state index in [4.69, 9.17) is 23.7 Å². The first-order valence-corrected chi connectivity index (χ1v) is 16.4. The van der Waals surface area contributed by atoms with Crippen molar-refractivity contribution in [2.24, 2.45) is 11.3 Å². The van der Waals surface area contributed by atoms with Crippen molar-refractivity contribution in [3.8, 4) is 11.5 Å². The van der Waals surface area contributed by atoms with Gasteiger partial charge in [-0.05, 0) is 48.8 Å². The van der Waals surface area contributed by atoms with E-state index >= 15 is 0 Å². The summed E-state index contributed by atoms with van der Waals surface area (Å²) in [6.45, 7) is 4.32. The van der Waals surface area contributed by atoms with E-state index in [2.05, 4.69) is 5.32 Å². The fourth-order valence-corrected chi connectivity index (χ4v) is 7.57. The first-order chi connectivity index (χ1) is 21.1.